The Morgan fingerprint density at radius 1 is 1.39 bits per heavy atom. The van der Waals surface area contributed by atoms with Gasteiger partial charge in [0, 0.05) is 12.2 Å². The van der Waals surface area contributed by atoms with Gasteiger partial charge in [-0.3, -0.25) is 0 Å². The van der Waals surface area contributed by atoms with Gasteiger partial charge in [0.05, 0.1) is 6.07 Å². The molecule has 1 aromatic rings. The number of nitrogens with zero attached hydrogens (tertiary/aromatic N) is 1. The van der Waals surface area contributed by atoms with E-state index in [0.29, 0.717) is 0 Å². The van der Waals surface area contributed by atoms with Crippen molar-refractivity contribution in [1.29, 1.82) is 5.26 Å². The van der Waals surface area contributed by atoms with Gasteiger partial charge in [-0.05, 0) is 17.5 Å². The van der Waals surface area contributed by atoms with E-state index in [2.05, 4.69) is 0 Å². The van der Waals surface area contributed by atoms with Crippen LogP contribution in [-0.2, 0) is 16.3 Å². The highest BCUT2D eigenvalue weighted by atomic mass is 32.2. The first-order valence-corrected chi connectivity index (χ1v) is 7.78. The monoisotopic (exact) mass is 264 g/mol. The van der Waals surface area contributed by atoms with E-state index >= 15 is 0 Å². The molecule has 4 nitrogen and oxygen atoms in total. The molecule has 0 aliphatic heterocycles. The molecule has 1 saturated carbocycles. The Bertz CT molecular complexity index is 601. The van der Waals surface area contributed by atoms with E-state index in [1.165, 1.54) is 5.56 Å². The summed E-state index contributed by atoms with van der Waals surface area (Å²) in [5.74, 6) is -0.414. The lowest BCUT2D eigenvalue weighted by atomic mass is 10.0. The second-order valence-electron chi connectivity index (χ2n) is 4.87. The highest BCUT2D eigenvalue weighted by Crippen LogP contribution is 2.53. The zero-order valence-corrected chi connectivity index (χ0v) is 11.2. The van der Waals surface area contributed by atoms with Crippen LogP contribution in [0.2, 0.25) is 0 Å². The lowest BCUT2D eigenvalue weighted by Gasteiger charge is -2.02. The Balaban J connectivity index is 2.37. The molecule has 1 aromatic carbocycles. The maximum absolute atomic E-state index is 11.6. The molecule has 96 valence electrons. The lowest BCUT2D eigenvalue weighted by molar-refractivity contribution is 0.597. The quantitative estimate of drug-likeness (QED) is 0.882. The van der Waals surface area contributed by atoms with E-state index in [1.54, 1.807) is 0 Å². The van der Waals surface area contributed by atoms with Crippen LogP contribution in [0, 0.1) is 11.3 Å². The Labute approximate surface area is 107 Å². The van der Waals surface area contributed by atoms with E-state index in [0.717, 1.165) is 18.2 Å². The molecule has 0 spiro atoms. The number of aryl methyl sites for hydroxylation is 1. The highest BCUT2D eigenvalue weighted by Gasteiger charge is 2.69. The molecule has 0 radical (unpaired) electrons. The number of rotatable bonds is 3. The number of benzene rings is 1. The van der Waals surface area contributed by atoms with Gasteiger partial charge in [-0.25, -0.2) is 8.42 Å². The maximum atomic E-state index is 11.6. The summed E-state index contributed by atoms with van der Waals surface area (Å²) < 4.78 is 23.3. The second-order valence-corrected chi connectivity index (χ2v) is 7.03. The molecule has 0 unspecified atom stereocenters. The van der Waals surface area contributed by atoms with E-state index in [-0.39, 0.29) is 0 Å². The predicted octanol–water partition coefficient (Wildman–Crippen LogP) is 0.980. The maximum Gasteiger partial charge on any atom is 0.153 e. The molecule has 1 aliphatic carbocycles. The normalized spacial score (nSPS) is 30.8. The minimum atomic E-state index is -3.31. The lowest BCUT2D eigenvalue weighted by Crippen LogP contribution is -2.28. The van der Waals surface area contributed by atoms with Gasteiger partial charge < -0.3 is 5.73 Å². The van der Waals surface area contributed by atoms with Crippen molar-refractivity contribution in [3.8, 4) is 6.07 Å². The van der Waals surface area contributed by atoms with Gasteiger partial charge in [0.15, 0.2) is 9.84 Å². The van der Waals surface area contributed by atoms with Gasteiger partial charge in [0.2, 0.25) is 0 Å². The van der Waals surface area contributed by atoms with Crippen LogP contribution in [0.1, 0.15) is 24.0 Å². The fourth-order valence-corrected chi connectivity index (χ4v) is 4.23. The largest absolute Gasteiger partial charge is 0.312 e. The molecular formula is C13H16N2O2S. The Morgan fingerprint density at radius 2 is 1.94 bits per heavy atom. The van der Waals surface area contributed by atoms with Crippen LogP contribution in [0.4, 0.5) is 0 Å². The van der Waals surface area contributed by atoms with Crippen molar-refractivity contribution in [3.63, 3.8) is 0 Å². The average Bonchev–Trinajstić information content (AvgIpc) is 2.97. The third-order valence-electron chi connectivity index (χ3n) is 3.58. The predicted molar refractivity (Wildman–Crippen MR) is 69.7 cm³/mol. The topological polar surface area (TPSA) is 83.9 Å². The molecule has 2 N–H and O–H groups in total. The first-order valence-electron chi connectivity index (χ1n) is 5.82. The van der Waals surface area contributed by atoms with E-state index < -0.39 is 26.5 Å². The zero-order valence-electron chi connectivity index (χ0n) is 10.4. The number of hydrogen-bond donors (Lipinski definition) is 1. The third-order valence-corrected chi connectivity index (χ3v) is 5.17. The van der Waals surface area contributed by atoms with Crippen LogP contribution in [0.25, 0.3) is 0 Å². The van der Waals surface area contributed by atoms with Crippen LogP contribution >= 0.6 is 0 Å². The first-order chi connectivity index (χ1) is 8.34. The van der Waals surface area contributed by atoms with E-state index in [9.17, 15) is 8.42 Å². The van der Waals surface area contributed by atoms with Crippen LogP contribution in [0.15, 0.2) is 24.3 Å². The molecule has 0 saturated heterocycles. The molecule has 5 heteroatoms. The van der Waals surface area contributed by atoms with Gasteiger partial charge in [-0.2, -0.15) is 5.26 Å². The number of nitrogens with two attached hydrogens (primary N) is 1. The van der Waals surface area contributed by atoms with Gasteiger partial charge in [0.1, 0.15) is 10.8 Å². The molecule has 3 atom stereocenters. The third kappa shape index (κ3) is 1.92. The summed E-state index contributed by atoms with van der Waals surface area (Å²) in [5.41, 5.74) is 6.61. The highest BCUT2D eigenvalue weighted by molar-refractivity contribution is 7.91. The molecule has 1 fully saturated rings. The standard InChI is InChI=1S/C13H16N2O2S/c1-3-9-4-6-10(7-5-9)11-12(18(2,16)17)13(11,15)8-14/h4-7,11-12H,3,15H2,1-2H3/t11-,12-,13-/m1/s1. The van der Waals surface area contributed by atoms with Crippen LogP contribution < -0.4 is 5.73 Å². The summed E-state index contributed by atoms with van der Waals surface area (Å²) in [5, 5.41) is 8.30. The van der Waals surface area contributed by atoms with Crippen LogP contribution in [0.3, 0.4) is 0 Å². The second kappa shape index (κ2) is 4.08. The number of nitriles is 1. The van der Waals surface area contributed by atoms with E-state index in [4.69, 9.17) is 11.0 Å². The molecule has 0 aromatic heterocycles. The minimum Gasteiger partial charge on any atom is -0.312 e. The molecule has 18 heavy (non-hydrogen) atoms. The van der Waals surface area contributed by atoms with E-state index in [1.807, 2.05) is 37.3 Å². The summed E-state index contributed by atoms with van der Waals surface area (Å²) in [6, 6.07) is 9.58. The summed E-state index contributed by atoms with van der Waals surface area (Å²) in [6.45, 7) is 2.05. The fourth-order valence-electron chi connectivity index (χ4n) is 2.52. The SMILES string of the molecule is CCc1ccc([C@@H]2[C@@H](S(C)(=O)=O)[C@@]2(N)C#N)cc1. The average molecular weight is 264 g/mol. The fraction of sp³-hybridized carbons (Fsp3) is 0.462. The molecule has 0 bridgehead atoms. The smallest absolute Gasteiger partial charge is 0.153 e. The zero-order chi connectivity index (χ0) is 13.6. The summed E-state index contributed by atoms with van der Waals surface area (Å²) in [7, 11) is -3.31. The molecule has 0 amide bonds. The minimum absolute atomic E-state index is 0.414. The number of hydrogen-bond acceptors (Lipinski definition) is 4. The Morgan fingerprint density at radius 3 is 2.28 bits per heavy atom. The summed E-state index contributed by atoms with van der Waals surface area (Å²) >= 11 is 0. The van der Waals surface area contributed by atoms with Crippen molar-refractivity contribution < 1.29 is 8.42 Å². The molecule has 1 aliphatic rings. The van der Waals surface area contributed by atoms with Crippen molar-refractivity contribution in [2.75, 3.05) is 6.26 Å². The summed E-state index contributed by atoms with van der Waals surface area (Å²) in [4.78, 5) is 0. The summed E-state index contributed by atoms with van der Waals surface area (Å²) in [6.07, 6.45) is 2.06. The van der Waals surface area contributed by atoms with Gasteiger partial charge in [-0.15, -0.1) is 0 Å². The molecule has 0 heterocycles. The van der Waals surface area contributed by atoms with Gasteiger partial charge in [-0.1, -0.05) is 31.2 Å². The van der Waals surface area contributed by atoms with Crippen LogP contribution in [0.5, 0.6) is 0 Å². The molecule has 2 rings (SSSR count). The van der Waals surface area contributed by atoms with Crippen molar-refractivity contribution in [1.82, 2.24) is 0 Å². The van der Waals surface area contributed by atoms with Gasteiger partial charge in [0.25, 0.3) is 0 Å². The molecular weight excluding hydrogens is 248 g/mol. The van der Waals surface area contributed by atoms with Gasteiger partial charge >= 0.3 is 0 Å². The van der Waals surface area contributed by atoms with Crippen molar-refractivity contribution in [2.45, 2.75) is 30.1 Å². The number of sulfone groups is 1. The van der Waals surface area contributed by atoms with Crippen LogP contribution in [-0.4, -0.2) is 25.5 Å². The Kier molecular flexibility index (Phi) is 2.96. The Hall–Kier alpha value is -1.38. The van der Waals surface area contributed by atoms with Crippen molar-refractivity contribution in [3.05, 3.63) is 35.4 Å². The van der Waals surface area contributed by atoms with Crippen molar-refractivity contribution >= 4 is 9.84 Å². The van der Waals surface area contributed by atoms with Crippen molar-refractivity contribution in [2.24, 2.45) is 5.73 Å². The first kappa shape index (κ1) is 13.1.